The molecule has 0 radical (unpaired) electrons. The van der Waals surface area contributed by atoms with Gasteiger partial charge in [-0.15, -0.1) is 0 Å². The highest BCUT2D eigenvalue weighted by Crippen LogP contribution is 2.38. The van der Waals surface area contributed by atoms with E-state index in [4.69, 9.17) is 4.74 Å². The van der Waals surface area contributed by atoms with E-state index in [0.717, 1.165) is 17.7 Å². The summed E-state index contributed by atoms with van der Waals surface area (Å²) in [6.45, 7) is 2.30. The maximum Gasteiger partial charge on any atom is 0.251 e. The molecule has 3 rings (SSSR count). The van der Waals surface area contributed by atoms with Crippen molar-refractivity contribution < 1.29 is 19.1 Å². The Bertz CT molecular complexity index is 878. The van der Waals surface area contributed by atoms with E-state index in [0.29, 0.717) is 23.7 Å². The zero-order valence-corrected chi connectivity index (χ0v) is 16.5. The van der Waals surface area contributed by atoms with Crippen molar-refractivity contribution in [2.75, 3.05) is 19.0 Å². The predicted molar refractivity (Wildman–Crippen MR) is 110 cm³/mol. The van der Waals surface area contributed by atoms with Crippen LogP contribution in [0.1, 0.15) is 29.3 Å². The molecule has 29 heavy (non-hydrogen) atoms. The van der Waals surface area contributed by atoms with Gasteiger partial charge in [0.15, 0.2) is 0 Å². The zero-order valence-electron chi connectivity index (χ0n) is 16.5. The monoisotopic (exact) mass is 395 g/mol. The Labute approximate surface area is 169 Å². The predicted octanol–water partition coefficient (Wildman–Crippen LogP) is 2.34. The number of carbonyl (C=O) groups is 3. The molecule has 1 aliphatic carbocycles. The molecule has 7 heteroatoms. The average molecular weight is 395 g/mol. The Morgan fingerprint density at radius 2 is 1.66 bits per heavy atom. The number of methoxy groups -OCH3 is 1. The van der Waals surface area contributed by atoms with Gasteiger partial charge in [-0.2, -0.15) is 0 Å². The van der Waals surface area contributed by atoms with Gasteiger partial charge >= 0.3 is 0 Å². The summed E-state index contributed by atoms with van der Waals surface area (Å²) >= 11 is 0. The average Bonchev–Trinajstić information content (AvgIpc) is 3.48. The van der Waals surface area contributed by atoms with E-state index in [1.54, 1.807) is 31.4 Å². The van der Waals surface area contributed by atoms with Crippen LogP contribution < -0.4 is 20.7 Å². The van der Waals surface area contributed by atoms with E-state index < -0.39 is 0 Å². The number of hydrogen-bond acceptors (Lipinski definition) is 4. The maximum absolute atomic E-state index is 12.2. The number of hydrogen-bond donors (Lipinski definition) is 3. The molecule has 1 aliphatic rings. The summed E-state index contributed by atoms with van der Waals surface area (Å²) in [6.07, 6.45) is 0.923. The topological polar surface area (TPSA) is 96.5 Å². The van der Waals surface area contributed by atoms with Gasteiger partial charge in [0.25, 0.3) is 5.91 Å². The third-order valence-electron chi connectivity index (χ3n) is 4.92. The third kappa shape index (κ3) is 5.81. The van der Waals surface area contributed by atoms with Gasteiger partial charge in [0.05, 0.1) is 13.7 Å². The van der Waals surface area contributed by atoms with Crippen LogP contribution in [0.5, 0.6) is 5.75 Å². The van der Waals surface area contributed by atoms with Crippen molar-refractivity contribution in [1.82, 2.24) is 10.6 Å². The van der Waals surface area contributed by atoms with Crippen LogP contribution in [0.2, 0.25) is 0 Å². The van der Waals surface area contributed by atoms with Gasteiger partial charge in [-0.1, -0.05) is 19.1 Å². The molecule has 0 spiro atoms. The lowest BCUT2D eigenvalue weighted by atomic mass is 10.2. The summed E-state index contributed by atoms with van der Waals surface area (Å²) in [7, 11) is 1.59. The molecule has 7 nitrogen and oxygen atoms in total. The summed E-state index contributed by atoms with van der Waals surface area (Å²) in [6, 6.07) is 14.0. The van der Waals surface area contributed by atoms with Crippen molar-refractivity contribution in [1.29, 1.82) is 0 Å². The maximum atomic E-state index is 12.2. The first kappa shape index (κ1) is 20.4. The summed E-state index contributed by atoms with van der Waals surface area (Å²) in [5.74, 6) is 0.670. The van der Waals surface area contributed by atoms with Crippen molar-refractivity contribution in [3.8, 4) is 5.75 Å². The first-order chi connectivity index (χ1) is 14.0. The lowest BCUT2D eigenvalue weighted by Gasteiger charge is -2.09. The molecule has 0 heterocycles. The van der Waals surface area contributed by atoms with Gasteiger partial charge in [0.2, 0.25) is 11.8 Å². The Hall–Kier alpha value is -3.35. The normalized spacial score (nSPS) is 17.2. The van der Waals surface area contributed by atoms with Crippen LogP contribution in [-0.4, -0.2) is 31.4 Å². The van der Waals surface area contributed by atoms with Crippen molar-refractivity contribution in [3.05, 3.63) is 59.7 Å². The summed E-state index contributed by atoms with van der Waals surface area (Å²) < 4.78 is 5.09. The van der Waals surface area contributed by atoms with Gasteiger partial charge in [-0.25, -0.2) is 0 Å². The van der Waals surface area contributed by atoms with Gasteiger partial charge < -0.3 is 20.7 Å². The smallest absolute Gasteiger partial charge is 0.251 e. The molecule has 1 fully saturated rings. The van der Waals surface area contributed by atoms with E-state index in [1.165, 1.54) is 0 Å². The summed E-state index contributed by atoms with van der Waals surface area (Å²) in [4.78, 5) is 36.1. The molecule has 2 aromatic rings. The minimum Gasteiger partial charge on any atom is -0.497 e. The number of anilines is 1. The van der Waals surface area contributed by atoms with Crippen LogP contribution in [-0.2, 0) is 16.1 Å². The minimum atomic E-state index is -0.349. The number of benzene rings is 2. The number of nitrogens with one attached hydrogen (secondary N) is 3. The van der Waals surface area contributed by atoms with Gasteiger partial charge in [0.1, 0.15) is 5.75 Å². The third-order valence-corrected chi connectivity index (χ3v) is 4.92. The minimum absolute atomic E-state index is 0.0169. The molecule has 3 amide bonds. The fourth-order valence-electron chi connectivity index (χ4n) is 2.90. The van der Waals surface area contributed by atoms with Crippen molar-refractivity contribution >= 4 is 23.4 Å². The molecule has 0 bridgehead atoms. The van der Waals surface area contributed by atoms with E-state index in [9.17, 15) is 14.4 Å². The second-order valence-corrected chi connectivity index (χ2v) is 7.19. The zero-order chi connectivity index (χ0) is 20.8. The van der Waals surface area contributed by atoms with Crippen LogP contribution in [0.3, 0.4) is 0 Å². The molecule has 2 atom stereocenters. The van der Waals surface area contributed by atoms with Crippen LogP contribution in [0.25, 0.3) is 0 Å². The number of carbonyl (C=O) groups excluding carboxylic acids is 3. The molecule has 1 saturated carbocycles. The molecule has 2 unspecified atom stereocenters. The Morgan fingerprint density at radius 3 is 2.24 bits per heavy atom. The molecule has 2 aromatic carbocycles. The van der Waals surface area contributed by atoms with E-state index in [-0.39, 0.29) is 30.2 Å². The fourth-order valence-corrected chi connectivity index (χ4v) is 2.90. The van der Waals surface area contributed by atoms with Gasteiger partial charge in [-0.3, -0.25) is 14.4 Å². The summed E-state index contributed by atoms with van der Waals surface area (Å²) in [5, 5.41) is 8.19. The highest BCUT2D eigenvalue weighted by molar-refractivity contribution is 5.98. The molecule has 0 aliphatic heterocycles. The first-order valence-electron chi connectivity index (χ1n) is 9.55. The molecule has 152 valence electrons. The van der Waals surface area contributed by atoms with Crippen molar-refractivity contribution in [2.24, 2.45) is 11.8 Å². The molecule has 3 N–H and O–H groups in total. The van der Waals surface area contributed by atoms with Gasteiger partial charge in [0, 0.05) is 23.7 Å². The van der Waals surface area contributed by atoms with Crippen LogP contribution >= 0.6 is 0 Å². The second-order valence-electron chi connectivity index (χ2n) is 7.19. The van der Waals surface area contributed by atoms with Crippen molar-refractivity contribution in [2.45, 2.75) is 19.9 Å². The lowest BCUT2D eigenvalue weighted by molar-refractivity contribution is -0.120. The van der Waals surface area contributed by atoms with E-state index in [1.807, 2.05) is 31.2 Å². The lowest BCUT2D eigenvalue weighted by Crippen LogP contribution is -2.36. The quantitative estimate of drug-likeness (QED) is 0.639. The largest absolute Gasteiger partial charge is 0.497 e. The van der Waals surface area contributed by atoms with E-state index in [2.05, 4.69) is 16.0 Å². The fraction of sp³-hybridized carbons (Fsp3) is 0.318. The molecular formula is C22H25N3O4. The van der Waals surface area contributed by atoms with Crippen LogP contribution in [0.4, 0.5) is 5.69 Å². The first-order valence-corrected chi connectivity index (χ1v) is 9.55. The second kappa shape index (κ2) is 9.23. The Balaban J connectivity index is 1.41. The highest BCUT2D eigenvalue weighted by Gasteiger charge is 2.39. The number of amides is 3. The highest BCUT2D eigenvalue weighted by atomic mass is 16.5. The molecular weight excluding hydrogens is 370 g/mol. The number of rotatable bonds is 8. The standard InChI is InChI=1S/C22H25N3O4/c1-14-11-19(14)22(28)25-17-7-5-16(6-8-17)21(27)24-13-20(26)23-12-15-3-9-18(29-2)10-4-15/h3-10,14,19H,11-13H2,1-2H3,(H,23,26)(H,24,27)(H,25,28). The number of ether oxygens (including phenoxy) is 1. The van der Waals surface area contributed by atoms with Crippen molar-refractivity contribution in [3.63, 3.8) is 0 Å². The summed E-state index contributed by atoms with van der Waals surface area (Å²) in [5.41, 5.74) is 2.01. The Kier molecular flexibility index (Phi) is 6.49. The SMILES string of the molecule is COc1ccc(CNC(=O)CNC(=O)c2ccc(NC(=O)C3CC3C)cc2)cc1. The van der Waals surface area contributed by atoms with E-state index >= 15 is 0 Å². The Morgan fingerprint density at radius 1 is 1.00 bits per heavy atom. The van der Waals surface area contributed by atoms with Gasteiger partial charge in [-0.05, 0) is 54.3 Å². The molecule has 0 saturated heterocycles. The van der Waals surface area contributed by atoms with Crippen LogP contribution in [0, 0.1) is 11.8 Å². The molecule has 0 aromatic heterocycles. The van der Waals surface area contributed by atoms with Crippen LogP contribution in [0.15, 0.2) is 48.5 Å².